The van der Waals surface area contributed by atoms with E-state index in [1.54, 1.807) is 18.2 Å². The Labute approximate surface area is 234 Å². The number of H-pyrrole nitrogens is 1. The highest BCUT2D eigenvalue weighted by atomic mass is 16.5. The van der Waals surface area contributed by atoms with E-state index >= 15 is 0 Å². The van der Waals surface area contributed by atoms with Gasteiger partial charge in [-0.3, -0.25) is 14.5 Å². The van der Waals surface area contributed by atoms with Gasteiger partial charge in [-0.25, -0.2) is 0 Å². The van der Waals surface area contributed by atoms with Gasteiger partial charge in [0.05, 0.1) is 17.5 Å². The maximum absolute atomic E-state index is 13.0. The minimum Gasteiger partial charge on any atom is -0.492 e. The number of ether oxygens (including phenoxy) is 1. The number of aromatic nitrogens is 1. The number of benzene rings is 4. The molecule has 1 aromatic heterocycles. The first-order chi connectivity index (χ1) is 19.6. The van der Waals surface area contributed by atoms with Crippen molar-refractivity contribution in [3.63, 3.8) is 0 Å². The van der Waals surface area contributed by atoms with E-state index in [4.69, 9.17) is 4.74 Å². The number of nitrogens with zero attached hydrogens (tertiary/aromatic N) is 1. The van der Waals surface area contributed by atoms with E-state index in [1.807, 2.05) is 31.2 Å². The van der Waals surface area contributed by atoms with Crippen LogP contribution >= 0.6 is 0 Å². The second kappa shape index (κ2) is 12.9. The van der Waals surface area contributed by atoms with Crippen LogP contribution in [0.2, 0.25) is 0 Å². The SMILES string of the molecule is CCOc1cccc2c(=O)c(C(=O)NCc3ccc(CN(Cc4ccccc4)Cc4ccccc4)cc3)c[nH]c12. The van der Waals surface area contributed by atoms with Gasteiger partial charge in [-0.1, -0.05) is 91.0 Å². The first-order valence-electron chi connectivity index (χ1n) is 13.5. The van der Waals surface area contributed by atoms with Crippen LogP contribution in [0, 0.1) is 0 Å². The Hall–Kier alpha value is -4.68. The molecule has 0 saturated carbocycles. The van der Waals surface area contributed by atoms with Gasteiger partial charge in [0.1, 0.15) is 11.3 Å². The van der Waals surface area contributed by atoms with Crippen molar-refractivity contribution in [2.75, 3.05) is 6.61 Å². The van der Waals surface area contributed by atoms with Gasteiger partial charge in [0.2, 0.25) is 5.43 Å². The van der Waals surface area contributed by atoms with Crippen LogP contribution in [0.15, 0.2) is 114 Å². The van der Waals surface area contributed by atoms with Crippen LogP contribution in [0.1, 0.15) is 39.5 Å². The van der Waals surface area contributed by atoms with E-state index in [0.29, 0.717) is 29.8 Å². The molecule has 2 N–H and O–H groups in total. The summed E-state index contributed by atoms with van der Waals surface area (Å²) in [5, 5.41) is 3.31. The number of carbonyl (C=O) groups is 1. The van der Waals surface area contributed by atoms with Crippen LogP contribution in [-0.2, 0) is 26.2 Å². The molecule has 202 valence electrons. The smallest absolute Gasteiger partial charge is 0.257 e. The molecule has 0 saturated heterocycles. The fraction of sp³-hybridized carbons (Fsp3) is 0.176. The van der Waals surface area contributed by atoms with Gasteiger partial charge in [0, 0.05) is 32.4 Å². The summed E-state index contributed by atoms with van der Waals surface area (Å²) in [5.41, 5.74) is 5.06. The molecular formula is C34H33N3O3. The highest BCUT2D eigenvalue weighted by molar-refractivity contribution is 5.97. The Morgan fingerprint density at radius 3 is 1.93 bits per heavy atom. The lowest BCUT2D eigenvalue weighted by Gasteiger charge is -2.23. The summed E-state index contributed by atoms with van der Waals surface area (Å²) in [6.45, 7) is 5.19. The molecule has 0 bridgehead atoms. The maximum Gasteiger partial charge on any atom is 0.257 e. The van der Waals surface area contributed by atoms with E-state index in [2.05, 4.69) is 75.9 Å². The second-order valence-corrected chi connectivity index (χ2v) is 9.76. The van der Waals surface area contributed by atoms with Crippen molar-refractivity contribution in [1.29, 1.82) is 0 Å². The molecule has 0 aliphatic heterocycles. The van der Waals surface area contributed by atoms with E-state index in [9.17, 15) is 9.59 Å². The number of hydrogen-bond acceptors (Lipinski definition) is 4. The standard InChI is InChI=1S/C34H33N3O3/c1-2-40-31-15-9-14-29-32(31)35-21-30(33(29)38)34(39)36-20-25-16-18-28(19-17-25)24-37(22-26-10-5-3-6-11-26)23-27-12-7-4-8-13-27/h3-19,21H,2,20,22-24H2,1H3,(H,35,38)(H,36,39). The number of aromatic amines is 1. The quantitative estimate of drug-likeness (QED) is 0.217. The third-order valence-electron chi connectivity index (χ3n) is 6.80. The largest absolute Gasteiger partial charge is 0.492 e. The monoisotopic (exact) mass is 531 g/mol. The number of nitrogens with one attached hydrogen (secondary N) is 2. The average Bonchev–Trinajstić information content (AvgIpc) is 2.98. The van der Waals surface area contributed by atoms with Gasteiger partial charge in [0.15, 0.2) is 0 Å². The van der Waals surface area contributed by atoms with E-state index in [1.165, 1.54) is 22.9 Å². The Kier molecular flexibility index (Phi) is 8.69. The summed E-state index contributed by atoms with van der Waals surface area (Å²) >= 11 is 0. The van der Waals surface area contributed by atoms with Crippen molar-refractivity contribution in [1.82, 2.24) is 15.2 Å². The van der Waals surface area contributed by atoms with E-state index in [0.717, 1.165) is 25.2 Å². The molecule has 4 aromatic carbocycles. The minimum absolute atomic E-state index is 0.0789. The normalized spacial score (nSPS) is 11.1. The zero-order chi connectivity index (χ0) is 27.7. The van der Waals surface area contributed by atoms with Crippen molar-refractivity contribution >= 4 is 16.8 Å². The Balaban J connectivity index is 1.24. The third kappa shape index (κ3) is 6.65. The molecule has 5 rings (SSSR count). The van der Waals surface area contributed by atoms with Crippen LogP contribution in [0.4, 0.5) is 0 Å². The number of carbonyl (C=O) groups excluding carboxylic acids is 1. The molecule has 6 heteroatoms. The van der Waals surface area contributed by atoms with Gasteiger partial charge in [-0.15, -0.1) is 0 Å². The molecule has 0 fully saturated rings. The highest BCUT2D eigenvalue weighted by Crippen LogP contribution is 2.21. The molecule has 0 spiro atoms. The number of para-hydroxylation sites is 1. The molecule has 0 unspecified atom stereocenters. The summed E-state index contributed by atoms with van der Waals surface area (Å²) in [4.78, 5) is 31.4. The molecule has 0 aliphatic rings. The minimum atomic E-state index is -0.411. The predicted molar refractivity (Wildman–Crippen MR) is 159 cm³/mol. The predicted octanol–water partition coefficient (Wildman–Crippen LogP) is 6.06. The molecule has 0 radical (unpaired) electrons. The maximum atomic E-state index is 13.0. The van der Waals surface area contributed by atoms with Crippen molar-refractivity contribution in [2.24, 2.45) is 0 Å². The molecular weight excluding hydrogens is 498 g/mol. The fourth-order valence-corrected chi connectivity index (χ4v) is 4.82. The average molecular weight is 532 g/mol. The lowest BCUT2D eigenvalue weighted by atomic mass is 10.1. The molecule has 6 nitrogen and oxygen atoms in total. The van der Waals surface area contributed by atoms with Crippen LogP contribution in [-0.4, -0.2) is 22.4 Å². The highest BCUT2D eigenvalue weighted by Gasteiger charge is 2.15. The van der Waals surface area contributed by atoms with Gasteiger partial charge in [0.25, 0.3) is 5.91 Å². The summed E-state index contributed by atoms with van der Waals surface area (Å²) < 4.78 is 5.60. The first kappa shape index (κ1) is 26.9. The van der Waals surface area contributed by atoms with Crippen LogP contribution in [0.3, 0.4) is 0 Å². The van der Waals surface area contributed by atoms with Gasteiger partial charge < -0.3 is 15.0 Å². The second-order valence-electron chi connectivity index (χ2n) is 9.76. The van der Waals surface area contributed by atoms with Gasteiger partial charge in [-0.05, 0) is 41.3 Å². The van der Waals surface area contributed by atoms with Crippen molar-refractivity contribution in [3.05, 3.63) is 147 Å². The van der Waals surface area contributed by atoms with E-state index < -0.39 is 5.91 Å². The number of hydrogen-bond donors (Lipinski definition) is 2. The summed E-state index contributed by atoms with van der Waals surface area (Å²) in [7, 11) is 0. The van der Waals surface area contributed by atoms with Crippen LogP contribution in [0.25, 0.3) is 10.9 Å². The third-order valence-corrected chi connectivity index (χ3v) is 6.80. The van der Waals surface area contributed by atoms with Crippen molar-refractivity contribution in [2.45, 2.75) is 33.1 Å². The van der Waals surface area contributed by atoms with Crippen LogP contribution < -0.4 is 15.5 Å². The number of rotatable bonds is 11. The molecule has 0 aliphatic carbocycles. The van der Waals surface area contributed by atoms with Crippen LogP contribution in [0.5, 0.6) is 5.75 Å². The number of pyridine rings is 1. The zero-order valence-electron chi connectivity index (χ0n) is 22.6. The summed E-state index contributed by atoms with van der Waals surface area (Å²) in [6, 6.07) is 34.5. The fourth-order valence-electron chi connectivity index (χ4n) is 4.82. The number of fused-ring (bicyclic) bond motifs is 1. The summed E-state index contributed by atoms with van der Waals surface area (Å²) in [5.74, 6) is 0.182. The molecule has 5 aromatic rings. The molecule has 40 heavy (non-hydrogen) atoms. The van der Waals surface area contributed by atoms with Gasteiger partial charge in [-0.2, -0.15) is 0 Å². The molecule has 1 heterocycles. The van der Waals surface area contributed by atoms with E-state index in [-0.39, 0.29) is 11.0 Å². The van der Waals surface area contributed by atoms with Gasteiger partial charge >= 0.3 is 0 Å². The number of amides is 1. The Morgan fingerprint density at radius 1 is 0.750 bits per heavy atom. The Morgan fingerprint density at radius 2 is 1.32 bits per heavy atom. The molecule has 1 amide bonds. The lowest BCUT2D eigenvalue weighted by molar-refractivity contribution is 0.0949. The topological polar surface area (TPSA) is 74.4 Å². The van der Waals surface area contributed by atoms with Crippen molar-refractivity contribution < 1.29 is 9.53 Å². The zero-order valence-corrected chi connectivity index (χ0v) is 22.6. The summed E-state index contributed by atoms with van der Waals surface area (Å²) in [6.07, 6.45) is 1.46. The van der Waals surface area contributed by atoms with Crippen molar-refractivity contribution in [3.8, 4) is 5.75 Å². The molecule has 0 atom stereocenters. The first-order valence-corrected chi connectivity index (χ1v) is 13.5. The lowest BCUT2D eigenvalue weighted by Crippen LogP contribution is -2.28. The Bertz CT molecular complexity index is 1570.